The van der Waals surface area contributed by atoms with Gasteiger partial charge in [-0.15, -0.1) is 0 Å². The van der Waals surface area contributed by atoms with Crippen molar-refractivity contribution < 1.29 is 0 Å². The van der Waals surface area contributed by atoms with Crippen LogP contribution in [0.25, 0.3) is 0 Å². The van der Waals surface area contributed by atoms with E-state index < -0.39 is 0 Å². The molecule has 0 aliphatic carbocycles. The van der Waals surface area contributed by atoms with Gasteiger partial charge in [0.2, 0.25) is 0 Å². The Hall–Kier alpha value is -0.520. The molecule has 0 aromatic heterocycles. The molecule has 0 nitrogen and oxygen atoms in total. The van der Waals surface area contributed by atoms with E-state index in [0.717, 1.165) is 0 Å². The first kappa shape index (κ1) is 8.48. The summed E-state index contributed by atoms with van der Waals surface area (Å²) >= 11 is 0. The molecule has 0 heteroatoms. The van der Waals surface area contributed by atoms with Gasteiger partial charge in [0.25, 0.3) is 0 Å². The largest absolute Gasteiger partial charge is 0.0817 e. The van der Waals surface area contributed by atoms with E-state index in [2.05, 4.69) is 39.8 Å². The summed E-state index contributed by atoms with van der Waals surface area (Å²) in [5.41, 5.74) is 1.33. The number of hydrogen-bond acceptors (Lipinski definition) is 0. The lowest BCUT2D eigenvalue weighted by Crippen LogP contribution is -1.75. The van der Waals surface area contributed by atoms with E-state index in [9.17, 15) is 0 Å². The Morgan fingerprint density at radius 3 is 2.33 bits per heavy atom. The van der Waals surface area contributed by atoms with Crippen molar-refractivity contribution in [3.8, 4) is 0 Å². The van der Waals surface area contributed by atoms with Crippen LogP contribution in [0.15, 0.2) is 23.8 Å². The van der Waals surface area contributed by atoms with E-state index >= 15 is 0 Å². The van der Waals surface area contributed by atoms with E-state index in [0.29, 0.717) is 5.92 Å². The van der Waals surface area contributed by atoms with Crippen LogP contribution in [0.5, 0.6) is 0 Å². The van der Waals surface area contributed by atoms with Crippen LogP contribution in [-0.4, -0.2) is 0 Å². The van der Waals surface area contributed by atoms with E-state index in [1.54, 1.807) is 0 Å². The van der Waals surface area contributed by atoms with Crippen molar-refractivity contribution in [2.75, 3.05) is 0 Å². The molecule has 0 saturated heterocycles. The number of allylic oxidation sites excluding steroid dienone is 4. The summed E-state index contributed by atoms with van der Waals surface area (Å²) in [6.45, 7) is 10.0. The van der Waals surface area contributed by atoms with Crippen molar-refractivity contribution in [3.05, 3.63) is 30.7 Å². The van der Waals surface area contributed by atoms with Crippen LogP contribution in [0.4, 0.5) is 0 Å². The van der Waals surface area contributed by atoms with Gasteiger partial charge in [0.15, 0.2) is 0 Å². The fourth-order valence-electron chi connectivity index (χ4n) is 0.438. The van der Waals surface area contributed by atoms with Crippen LogP contribution in [0.3, 0.4) is 0 Å². The topological polar surface area (TPSA) is 0 Å². The third-order valence-corrected chi connectivity index (χ3v) is 0.869. The minimum atomic E-state index is 0.417. The average Bonchev–Trinajstić information content (AvgIpc) is 1.63. The second-order valence-corrected chi connectivity index (χ2v) is 2.61. The molecule has 9 heavy (non-hydrogen) atoms. The van der Waals surface area contributed by atoms with E-state index in [1.807, 2.05) is 6.08 Å². The maximum Gasteiger partial charge on any atom is -0.0259 e. The highest BCUT2D eigenvalue weighted by Gasteiger charge is 1.79. The summed E-state index contributed by atoms with van der Waals surface area (Å²) < 4.78 is 0. The van der Waals surface area contributed by atoms with Gasteiger partial charge in [0, 0.05) is 0 Å². The predicted molar refractivity (Wildman–Crippen MR) is 43.1 cm³/mol. The molecule has 1 radical (unpaired) electrons. The van der Waals surface area contributed by atoms with Gasteiger partial charge < -0.3 is 0 Å². The minimum Gasteiger partial charge on any atom is -0.0817 e. The summed E-state index contributed by atoms with van der Waals surface area (Å²) in [6, 6.07) is 0. The monoisotopic (exact) mass is 123 g/mol. The zero-order valence-corrected chi connectivity index (χ0v) is 6.52. The Morgan fingerprint density at radius 1 is 1.44 bits per heavy atom. The quantitative estimate of drug-likeness (QED) is 0.495. The molecule has 0 heterocycles. The highest BCUT2D eigenvalue weighted by molar-refractivity contribution is 5.09. The number of hydrogen-bond donors (Lipinski definition) is 0. The van der Waals surface area contributed by atoms with Gasteiger partial charge in [0.05, 0.1) is 0 Å². The Morgan fingerprint density at radius 2 is 2.00 bits per heavy atom. The highest BCUT2D eigenvalue weighted by Crippen LogP contribution is 1.95. The molecular formula is C9H15. The predicted octanol–water partition coefficient (Wildman–Crippen LogP) is 2.98. The first-order valence-electron chi connectivity index (χ1n) is 3.27. The van der Waals surface area contributed by atoms with Gasteiger partial charge in [-0.05, 0) is 26.7 Å². The normalized spacial score (nSPS) is 10.8. The van der Waals surface area contributed by atoms with E-state index in [-0.39, 0.29) is 0 Å². The van der Waals surface area contributed by atoms with Gasteiger partial charge in [0.1, 0.15) is 0 Å². The molecule has 0 bridgehead atoms. The van der Waals surface area contributed by atoms with E-state index in [1.165, 1.54) is 5.57 Å². The molecule has 0 rings (SSSR count). The lowest BCUT2D eigenvalue weighted by Gasteiger charge is -1.89. The molecule has 0 saturated carbocycles. The van der Waals surface area contributed by atoms with Gasteiger partial charge in [-0.2, -0.15) is 0 Å². The third kappa shape index (κ3) is 7.48. The Balaban J connectivity index is 3.60. The molecule has 0 aliphatic rings. The fourth-order valence-corrected chi connectivity index (χ4v) is 0.438. The Labute approximate surface area is 58.3 Å². The second kappa shape index (κ2) is 4.37. The summed E-state index contributed by atoms with van der Waals surface area (Å²) in [5.74, 6) is 0.417. The molecule has 0 N–H and O–H groups in total. The van der Waals surface area contributed by atoms with Gasteiger partial charge >= 0.3 is 0 Å². The summed E-state index contributed by atoms with van der Waals surface area (Å²) in [4.78, 5) is 0. The molecule has 51 valence electrons. The zero-order valence-electron chi connectivity index (χ0n) is 6.52. The van der Waals surface area contributed by atoms with Crippen LogP contribution < -0.4 is 0 Å². The number of rotatable bonds is 2. The lowest BCUT2D eigenvalue weighted by atomic mass is 10.2. The van der Waals surface area contributed by atoms with Gasteiger partial charge in [-0.25, -0.2) is 0 Å². The average molecular weight is 123 g/mol. The first-order chi connectivity index (χ1) is 4.13. The molecule has 0 aromatic carbocycles. The fraction of sp³-hybridized carbons (Fsp3) is 0.444. The smallest absolute Gasteiger partial charge is 0.0259 e. The Kier molecular flexibility index (Phi) is 4.12. The van der Waals surface area contributed by atoms with Gasteiger partial charge in [-0.1, -0.05) is 30.7 Å². The lowest BCUT2D eigenvalue weighted by molar-refractivity contribution is 0.936. The molecule has 0 aliphatic heterocycles. The summed E-state index contributed by atoms with van der Waals surface area (Å²) in [6.07, 6.45) is 6.21. The summed E-state index contributed by atoms with van der Waals surface area (Å²) in [7, 11) is 0. The maximum atomic E-state index is 3.82. The molecule has 0 amide bonds. The van der Waals surface area contributed by atoms with E-state index in [4.69, 9.17) is 0 Å². The zero-order chi connectivity index (χ0) is 7.28. The molecule has 1 unspecified atom stereocenters. The Bertz CT molecular complexity index is 112. The second-order valence-electron chi connectivity index (χ2n) is 2.61. The maximum absolute atomic E-state index is 3.82. The molecule has 0 aromatic rings. The molecular weight excluding hydrogens is 108 g/mol. The standard InChI is InChI=1S/C9H15/c1-8(2)6-5-7-9(3)4/h5-8H,1H2,2-4H3. The van der Waals surface area contributed by atoms with Crippen molar-refractivity contribution in [2.45, 2.75) is 20.8 Å². The SMILES string of the molecule is [CH2]C(C)C=CC=C(C)C. The molecule has 1 atom stereocenters. The molecule has 0 spiro atoms. The van der Waals surface area contributed by atoms with Crippen molar-refractivity contribution >= 4 is 0 Å². The van der Waals surface area contributed by atoms with Crippen LogP contribution >= 0.6 is 0 Å². The van der Waals surface area contributed by atoms with Crippen molar-refractivity contribution in [1.29, 1.82) is 0 Å². The van der Waals surface area contributed by atoms with Crippen LogP contribution in [0.2, 0.25) is 0 Å². The van der Waals surface area contributed by atoms with Crippen LogP contribution in [-0.2, 0) is 0 Å². The van der Waals surface area contributed by atoms with Crippen LogP contribution in [0, 0.1) is 12.8 Å². The van der Waals surface area contributed by atoms with Crippen molar-refractivity contribution in [2.24, 2.45) is 5.92 Å². The first-order valence-corrected chi connectivity index (χ1v) is 3.27. The molecule has 0 fully saturated rings. The summed E-state index contributed by atoms with van der Waals surface area (Å²) in [5, 5.41) is 0. The minimum absolute atomic E-state index is 0.417. The van der Waals surface area contributed by atoms with Gasteiger partial charge in [-0.3, -0.25) is 0 Å². The van der Waals surface area contributed by atoms with Crippen molar-refractivity contribution in [3.63, 3.8) is 0 Å². The highest BCUT2D eigenvalue weighted by atomic mass is 13.9. The van der Waals surface area contributed by atoms with Crippen LogP contribution in [0.1, 0.15) is 20.8 Å². The third-order valence-electron chi connectivity index (χ3n) is 0.869. The van der Waals surface area contributed by atoms with Crippen molar-refractivity contribution in [1.82, 2.24) is 0 Å².